The second kappa shape index (κ2) is 7.55. The number of carbonyl (C=O) groups excluding carboxylic acids is 2. The van der Waals surface area contributed by atoms with Gasteiger partial charge in [-0.2, -0.15) is 0 Å². The smallest absolute Gasteiger partial charge is 0.338 e. The Kier molecular flexibility index (Phi) is 5.71. The predicted octanol–water partition coefficient (Wildman–Crippen LogP) is 3.24. The summed E-state index contributed by atoms with van der Waals surface area (Å²) < 4.78 is 5.35. The third kappa shape index (κ3) is 4.28. The van der Waals surface area contributed by atoms with Crippen molar-refractivity contribution in [3.05, 3.63) is 41.1 Å². The lowest BCUT2D eigenvalue weighted by atomic mass is 9.95. The zero-order valence-corrected chi connectivity index (χ0v) is 14.6. The third-order valence-corrected chi connectivity index (χ3v) is 4.23. The maximum absolute atomic E-state index is 12.5. The van der Waals surface area contributed by atoms with Gasteiger partial charge in [-0.1, -0.05) is 26.0 Å². The van der Waals surface area contributed by atoms with Gasteiger partial charge >= 0.3 is 12.0 Å². The van der Waals surface area contributed by atoms with E-state index in [1.54, 1.807) is 18.7 Å². The van der Waals surface area contributed by atoms with Gasteiger partial charge < -0.3 is 15.4 Å². The number of hydrogen-bond acceptors (Lipinski definition) is 4. The van der Waals surface area contributed by atoms with Crippen LogP contribution in [0.2, 0.25) is 0 Å². The van der Waals surface area contributed by atoms with Crippen LogP contribution in [-0.4, -0.2) is 24.9 Å². The molecule has 1 unspecified atom stereocenters. The molecule has 1 aromatic rings. The molecule has 0 aromatic heterocycles. The molecular weight excluding hydrogens is 312 g/mol. The van der Waals surface area contributed by atoms with Gasteiger partial charge in [0.05, 0.1) is 18.2 Å². The van der Waals surface area contributed by atoms with Crippen molar-refractivity contribution >= 4 is 23.8 Å². The zero-order chi connectivity index (χ0) is 17.0. The van der Waals surface area contributed by atoms with Crippen LogP contribution in [0.15, 0.2) is 40.4 Å². The number of urea groups is 1. The van der Waals surface area contributed by atoms with Crippen LogP contribution in [0.1, 0.15) is 32.4 Å². The number of hydrogen-bond donors (Lipinski definition) is 2. The van der Waals surface area contributed by atoms with Crippen molar-refractivity contribution in [2.45, 2.75) is 31.7 Å². The quantitative estimate of drug-likeness (QED) is 0.641. The molecule has 0 saturated carbocycles. The van der Waals surface area contributed by atoms with Crippen LogP contribution < -0.4 is 10.6 Å². The highest BCUT2D eigenvalue weighted by atomic mass is 32.2. The van der Waals surface area contributed by atoms with Gasteiger partial charge in [-0.15, -0.1) is 11.8 Å². The van der Waals surface area contributed by atoms with Crippen LogP contribution >= 0.6 is 11.8 Å². The maximum atomic E-state index is 12.5. The van der Waals surface area contributed by atoms with Crippen molar-refractivity contribution in [1.82, 2.24) is 10.6 Å². The number of ether oxygens (including phenoxy) is 1. The molecule has 2 N–H and O–H groups in total. The van der Waals surface area contributed by atoms with Crippen LogP contribution in [0.5, 0.6) is 0 Å². The molecular formula is C17H22N2O3S. The molecule has 6 heteroatoms. The largest absolute Gasteiger partial charge is 0.462 e. The molecule has 0 bridgehead atoms. The van der Waals surface area contributed by atoms with Gasteiger partial charge in [-0.3, -0.25) is 0 Å². The minimum Gasteiger partial charge on any atom is -0.462 e. The number of amides is 2. The Labute approximate surface area is 140 Å². The normalized spacial score (nSPS) is 17.8. The molecule has 0 spiro atoms. The first-order valence-electron chi connectivity index (χ1n) is 7.51. The van der Waals surface area contributed by atoms with Crippen molar-refractivity contribution in [2.75, 3.05) is 12.9 Å². The molecule has 2 amide bonds. The summed E-state index contributed by atoms with van der Waals surface area (Å²) in [6, 6.07) is 6.97. The average molecular weight is 334 g/mol. The number of benzene rings is 1. The van der Waals surface area contributed by atoms with E-state index in [4.69, 9.17) is 4.74 Å². The van der Waals surface area contributed by atoms with Crippen molar-refractivity contribution in [3.8, 4) is 0 Å². The lowest BCUT2D eigenvalue weighted by Gasteiger charge is -2.28. The monoisotopic (exact) mass is 334 g/mol. The fourth-order valence-corrected chi connectivity index (χ4v) is 2.74. The Morgan fingerprint density at radius 1 is 1.30 bits per heavy atom. The van der Waals surface area contributed by atoms with Gasteiger partial charge in [0.25, 0.3) is 0 Å². The standard InChI is InChI=1S/C17H22N2O3S/c1-10(2)9-22-16(20)14-11(3)18-17(21)19-15(14)12-5-7-13(23-4)8-6-12/h5-8,10,15H,9H2,1-4H3,(H2,18,19,21). The summed E-state index contributed by atoms with van der Waals surface area (Å²) in [7, 11) is 0. The van der Waals surface area contributed by atoms with Gasteiger partial charge in [0.1, 0.15) is 0 Å². The first-order chi connectivity index (χ1) is 10.9. The summed E-state index contributed by atoms with van der Waals surface area (Å²) in [6.45, 7) is 6.03. The van der Waals surface area contributed by atoms with E-state index in [0.29, 0.717) is 17.9 Å². The molecule has 0 aliphatic carbocycles. The lowest BCUT2D eigenvalue weighted by molar-refractivity contribution is -0.140. The number of carbonyl (C=O) groups is 2. The first-order valence-corrected chi connectivity index (χ1v) is 8.74. The second-order valence-corrected chi connectivity index (χ2v) is 6.72. The fraction of sp³-hybridized carbons (Fsp3) is 0.412. The van der Waals surface area contributed by atoms with E-state index in [9.17, 15) is 9.59 Å². The Bertz CT molecular complexity index is 623. The minimum absolute atomic E-state index is 0.255. The Balaban J connectivity index is 2.31. The molecule has 0 fully saturated rings. The van der Waals surface area contributed by atoms with Gasteiger partial charge in [0.2, 0.25) is 0 Å². The molecule has 1 aromatic carbocycles. The fourth-order valence-electron chi connectivity index (χ4n) is 2.33. The van der Waals surface area contributed by atoms with Crippen LogP contribution in [0, 0.1) is 5.92 Å². The van der Waals surface area contributed by atoms with Gasteiger partial charge in [-0.25, -0.2) is 9.59 Å². The molecule has 0 radical (unpaired) electrons. The van der Waals surface area contributed by atoms with E-state index < -0.39 is 12.0 Å². The van der Waals surface area contributed by atoms with E-state index in [0.717, 1.165) is 10.5 Å². The van der Waals surface area contributed by atoms with Crippen molar-refractivity contribution in [3.63, 3.8) is 0 Å². The molecule has 1 atom stereocenters. The van der Waals surface area contributed by atoms with E-state index >= 15 is 0 Å². The molecule has 124 valence electrons. The summed E-state index contributed by atoms with van der Waals surface area (Å²) in [5, 5.41) is 5.45. The summed E-state index contributed by atoms with van der Waals surface area (Å²) in [6.07, 6.45) is 2.00. The SMILES string of the molecule is CSc1ccc(C2NC(=O)NC(C)=C2C(=O)OCC(C)C)cc1. The predicted molar refractivity (Wildman–Crippen MR) is 91.1 cm³/mol. The van der Waals surface area contributed by atoms with Crippen LogP contribution in [0.3, 0.4) is 0 Å². The maximum Gasteiger partial charge on any atom is 0.338 e. The van der Waals surface area contributed by atoms with Crippen LogP contribution in [0.4, 0.5) is 4.79 Å². The van der Waals surface area contributed by atoms with Gasteiger partial charge in [0.15, 0.2) is 0 Å². The number of rotatable bonds is 5. The van der Waals surface area contributed by atoms with Crippen molar-refractivity contribution in [1.29, 1.82) is 0 Å². The average Bonchev–Trinajstić information content (AvgIpc) is 2.52. The van der Waals surface area contributed by atoms with Crippen molar-refractivity contribution < 1.29 is 14.3 Å². The Morgan fingerprint density at radius 3 is 2.52 bits per heavy atom. The zero-order valence-electron chi connectivity index (χ0n) is 13.8. The van der Waals surface area contributed by atoms with E-state index in [2.05, 4.69) is 10.6 Å². The van der Waals surface area contributed by atoms with E-state index in [1.165, 1.54) is 0 Å². The molecule has 1 aliphatic heterocycles. The second-order valence-electron chi connectivity index (χ2n) is 5.84. The lowest BCUT2D eigenvalue weighted by Crippen LogP contribution is -2.45. The van der Waals surface area contributed by atoms with Crippen molar-refractivity contribution in [2.24, 2.45) is 5.92 Å². The Morgan fingerprint density at radius 2 is 1.96 bits per heavy atom. The molecule has 2 rings (SSSR count). The van der Waals surface area contributed by atoms with Crippen LogP contribution in [-0.2, 0) is 9.53 Å². The van der Waals surface area contributed by atoms with E-state index in [1.807, 2.05) is 44.4 Å². The van der Waals surface area contributed by atoms with Gasteiger partial charge in [-0.05, 0) is 36.8 Å². The molecule has 0 saturated heterocycles. The highest BCUT2D eigenvalue weighted by Gasteiger charge is 2.32. The highest BCUT2D eigenvalue weighted by Crippen LogP contribution is 2.29. The summed E-state index contributed by atoms with van der Waals surface area (Å²) in [5.74, 6) is -0.145. The topological polar surface area (TPSA) is 67.4 Å². The molecule has 1 aliphatic rings. The molecule has 5 nitrogen and oxygen atoms in total. The third-order valence-electron chi connectivity index (χ3n) is 3.49. The first kappa shape index (κ1) is 17.4. The summed E-state index contributed by atoms with van der Waals surface area (Å²) >= 11 is 1.64. The number of allylic oxidation sites excluding steroid dienone is 1. The highest BCUT2D eigenvalue weighted by molar-refractivity contribution is 7.98. The van der Waals surface area contributed by atoms with E-state index in [-0.39, 0.29) is 11.9 Å². The van der Waals surface area contributed by atoms with Crippen LogP contribution in [0.25, 0.3) is 0 Å². The number of thioether (sulfide) groups is 1. The molecule has 1 heterocycles. The number of nitrogens with one attached hydrogen (secondary N) is 2. The number of esters is 1. The summed E-state index contributed by atoms with van der Waals surface area (Å²) in [4.78, 5) is 25.4. The minimum atomic E-state index is -0.501. The van der Waals surface area contributed by atoms with Gasteiger partial charge in [0, 0.05) is 10.6 Å². The Hall–Kier alpha value is -1.95. The molecule has 23 heavy (non-hydrogen) atoms. The summed E-state index contributed by atoms with van der Waals surface area (Å²) in [5.41, 5.74) is 1.83.